The molecule has 19 heavy (non-hydrogen) atoms. The summed E-state index contributed by atoms with van der Waals surface area (Å²) >= 11 is 0. The Kier molecular flexibility index (Phi) is 4.38. The largest absolute Gasteiger partial charge is 0.324 e. The van der Waals surface area contributed by atoms with Gasteiger partial charge in [-0.25, -0.2) is 0 Å². The SMILES string of the molecule is CCCn1cc(C(N)Cc2cc(C)cc(C)c2)cn1. The first-order chi connectivity index (χ1) is 9.08. The number of benzene rings is 1. The molecule has 0 amide bonds. The van der Waals surface area contributed by atoms with Crippen molar-refractivity contribution in [1.82, 2.24) is 9.78 Å². The molecule has 1 unspecified atom stereocenters. The fourth-order valence-electron chi connectivity index (χ4n) is 2.48. The average Bonchev–Trinajstić information content (AvgIpc) is 2.76. The second kappa shape index (κ2) is 6.02. The van der Waals surface area contributed by atoms with E-state index in [2.05, 4.69) is 50.3 Å². The van der Waals surface area contributed by atoms with Gasteiger partial charge in [-0.05, 0) is 32.3 Å². The quantitative estimate of drug-likeness (QED) is 0.894. The molecule has 2 aromatic rings. The van der Waals surface area contributed by atoms with Crippen LogP contribution in [0.5, 0.6) is 0 Å². The van der Waals surface area contributed by atoms with E-state index >= 15 is 0 Å². The van der Waals surface area contributed by atoms with Gasteiger partial charge in [-0.15, -0.1) is 0 Å². The second-order valence-electron chi connectivity index (χ2n) is 5.34. The molecule has 0 saturated heterocycles. The molecule has 3 heteroatoms. The molecule has 1 aromatic heterocycles. The summed E-state index contributed by atoms with van der Waals surface area (Å²) in [5.74, 6) is 0. The summed E-state index contributed by atoms with van der Waals surface area (Å²) in [6, 6.07) is 6.63. The van der Waals surface area contributed by atoms with Crippen LogP contribution in [-0.4, -0.2) is 9.78 Å². The fourth-order valence-corrected chi connectivity index (χ4v) is 2.48. The Morgan fingerprint density at radius 3 is 2.53 bits per heavy atom. The van der Waals surface area contributed by atoms with Crippen LogP contribution in [0.4, 0.5) is 0 Å². The Bertz CT molecular complexity index is 522. The standard InChI is InChI=1S/C16H23N3/c1-4-5-19-11-15(10-18-19)16(17)9-14-7-12(2)6-13(3)8-14/h6-8,10-11,16H,4-5,9,17H2,1-3H3. The minimum absolute atomic E-state index is 0.0202. The second-order valence-corrected chi connectivity index (χ2v) is 5.34. The molecular weight excluding hydrogens is 234 g/mol. The van der Waals surface area contributed by atoms with E-state index in [0.29, 0.717) is 0 Å². The summed E-state index contributed by atoms with van der Waals surface area (Å²) in [5.41, 5.74) is 11.3. The maximum absolute atomic E-state index is 6.28. The van der Waals surface area contributed by atoms with E-state index in [1.54, 1.807) is 0 Å². The molecule has 0 bridgehead atoms. The Balaban J connectivity index is 2.08. The van der Waals surface area contributed by atoms with Crippen LogP contribution in [0.25, 0.3) is 0 Å². The Hall–Kier alpha value is -1.61. The highest BCUT2D eigenvalue weighted by atomic mass is 15.3. The van der Waals surface area contributed by atoms with Gasteiger partial charge >= 0.3 is 0 Å². The van der Waals surface area contributed by atoms with Crippen molar-refractivity contribution in [2.24, 2.45) is 5.73 Å². The number of aryl methyl sites for hydroxylation is 3. The Labute approximate surface area is 115 Å². The van der Waals surface area contributed by atoms with Gasteiger partial charge in [-0.1, -0.05) is 36.2 Å². The molecule has 0 aliphatic carbocycles. The monoisotopic (exact) mass is 257 g/mol. The van der Waals surface area contributed by atoms with E-state index in [-0.39, 0.29) is 6.04 Å². The molecule has 102 valence electrons. The van der Waals surface area contributed by atoms with E-state index in [9.17, 15) is 0 Å². The summed E-state index contributed by atoms with van der Waals surface area (Å²) in [6.07, 6.45) is 5.91. The van der Waals surface area contributed by atoms with E-state index in [4.69, 9.17) is 5.73 Å². The number of nitrogens with two attached hydrogens (primary N) is 1. The maximum Gasteiger partial charge on any atom is 0.0537 e. The van der Waals surface area contributed by atoms with Crippen LogP contribution in [0.3, 0.4) is 0 Å². The zero-order chi connectivity index (χ0) is 13.8. The predicted molar refractivity (Wildman–Crippen MR) is 79.1 cm³/mol. The maximum atomic E-state index is 6.28. The lowest BCUT2D eigenvalue weighted by Gasteiger charge is -2.11. The smallest absolute Gasteiger partial charge is 0.0537 e. The van der Waals surface area contributed by atoms with Crippen molar-refractivity contribution in [2.75, 3.05) is 0 Å². The molecule has 2 N–H and O–H groups in total. The molecule has 1 atom stereocenters. The molecule has 0 spiro atoms. The molecule has 1 aromatic carbocycles. The van der Waals surface area contributed by atoms with Crippen molar-refractivity contribution in [2.45, 2.75) is 46.2 Å². The molecule has 0 aliphatic rings. The van der Waals surface area contributed by atoms with Crippen LogP contribution in [0, 0.1) is 13.8 Å². The van der Waals surface area contributed by atoms with Gasteiger partial charge in [0.05, 0.1) is 6.20 Å². The van der Waals surface area contributed by atoms with Gasteiger partial charge in [-0.3, -0.25) is 4.68 Å². The zero-order valence-electron chi connectivity index (χ0n) is 12.1. The van der Waals surface area contributed by atoms with Crippen LogP contribution in [-0.2, 0) is 13.0 Å². The van der Waals surface area contributed by atoms with Gasteiger partial charge < -0.3 is 5.73 Å². The van der Waals surface area contributed by atoms with E-state index in [1.807, 2.05) is 10.9 Å². The zero-order valence-corrected chi connectivity index (χ0v) is 12.1. The van der Waals surface area contributed by atoms with Crippen molar-refractivity contribution >= 4 is 0 Å². The predicted octanol–water partition coefficient (Wildman–Crippen LogP) is 3.15. The topological polar surface area (TPSA) is 43.8 Å². The first-order valence-electron chi connectivity index (χ1n) is 6.93. The van der Waals surface area contributed by atoms with Crippen molar-refractivity contribution in [1.29, 1.82) is 0 Å². The molecule has 3 nitrogen and oxygen atoms in total. The Morgan fingerprint density at radius 2 is 1.89 bits per heavy atom. The van der Waals surface area contributed by atoms with E-state index in [1.165, 1.54) is 16.7 Å². The van der Waals surface area contributed by atoms with Crippen LogP contribution >= 0.6 is 0 Å². The summed E-state index contributed by atoms with van der Waals surface area (Å²) in [6.45, 7) is 7.36. The molecule has 0 radical (unpaired) electrons. The van der Waals surface area contributed by atoms with Gasteiger partial charge in [0.1, 0.15) is 0 Å². The third-order valence-corrected chi connectivity index (χ3v) is 3.27. The van der Waals surface area contributed by atoms with Gasteiger partial charge in [0, 0.05) is 24.3 Å². The van der Waals surface area contributed by atoms with Gasteiger partial charge in [0.15, 0.2) is 0 Å². The summed E-state index contributed by atoms with van der Waals surface area (Å²) in [7, 11) is 0. The lowest BCUT2D eigenvalue weighted by Crippen LogP contribution is -2.13. The fraction of sp³-hybridized carbons (Fsp3) is 0.438. The number of nitrogens with zero attached hydrogens (tertiary/aromatic N) is 2. The van der Waals surface area contributed by atoms with Gasteiger partial charge in [0.25, 0.3) is 0 Å². The molecule has 0 saturated carbocycles. The van der Waals surface area contributed by atoms with Crippen LogP contribution < -0.4 is 5.73 Å². The molecule has 1 heterocycles. The lowest BCUT2D eigenvalue weighted by atomic mass is 9.99. The van der Waals surface area contributed by atoms with Crippen LogP contribution in [0.15, 0.2) is 30.6 Å². The first-order valence-corrected chi connectivity index (χ1v) is 6.93. The van der Waals surface area contributed by atoms with Crippen LogP contribution in [0.2, 0.25) is 0 Å². The van der Waals surface area contributed by atoms with Crippen molar-refractivity contribution in [3.05, 3.63) is 52.8 Å². The minimum Gasteiger partial charge on any atom is -0.324 e. The van der Waals surface area contributed by atoms with Gasteiger partial charge in [-0.2, -0.15) is 5.10 Å². The number of hydrogen-bond donors (Lipinski definition) is 1. The molecular formula is C16H23N3. The summed E-state index contributed by atoms with van der Waals surface area (Å²) in [5, 5.41) is 4.34. The van der Waals surface area contributed by atoms with Gasteiger partial charge in [0.2, 0.25) is 0 Å². The highest BCUT2D eigenvalue weighted by molar-refractivity contribution is 5.30. The number of rotatable bonds is 5. The minimum atomic E-state index is 0.0202. The van der Waals surface area contributed by atoms with Crippen molar-refractivity contribution < 1.29 is 0 Å². The molecule has 0 fully saturated rings. The van der Waals surface area contributed by atoms with Crippen molar-refractivity contribution in [3.63, 3.8) is 0 Å². The third kappa shape index (κ3) is 3.67. The lowest BCUT2D eigenvalue weighted by molar-refractivity contribution is 0.600. The highest BCUT2D eigenvalue weighted by Crippen LogP contribution is 2.18. The first kappa shape index (κ1) is 13.8. The van der Waals surface area contributed by atoms with E-state index < -0.39 is 0 Å². The molecule has 2 rings (SSSR count). The summed E-state index contributed by atoms with van der Waals surface area (Å²) in [4.78, 5) is 0. The number of aromatic nitrogens is 2. The number of hydrogen-bond acceptors (Lipinski definition) is 2. The summed E-state index contributed by atoms with van der Waals surface area (Å²) < 4.78 is 1.97. The van der Waals surface area contributed by atoms with E-state index in [0.717, 1.165) is 24.9 Å². The van der Waals surface area contributed by atoms with Crippen molar-refractivity contribution in [3.8, 4) is 0 Å². The Morgan fingerprint density at radius 1 is 1.21 bits per heavy atom. The third-order valence-electron chi connectivity index (χ3n) is 3.27. The highest BCUT2D eigenvalue weighted by Gasteiger charge is 2.10. The average molecular weight is 257 g/mol. The molecule has 0 aliphatic heterocycles. The van der Waals surface area contributed by atoms with Crippen LogP contribution in [0.1, 0.15) is 41.6 Å². The normalized spacial score (nSPS) is 12.6.